The van der Waals surface area contributed by atoms with Gasteiger partial charge in [-0.2, -0.15) is 17.4 Å². The fraction of sp³-hybridized carbons (Fsp3) is 0.875. The first-order valence-electron chi connectivity index (χ1n) is 5.22. The van der Waals surface area contributed by atoms with Gasteiger partial charge in [0.15, 0.2) is 0 Å². The van der Waals surface area contributed by atoms with Crippen LogP contribution in [0.5, 0.6) is 0 Å². The SMILES string of the molecule is CCN(CCNC)S(=O)(=O)NCC(N)C(=O)O. The molecule has 1 unspecified atom stereocenters. The molecule has 9 heteroatoms. The molecule has 0 heterocycles. The van der Waals surface area contributed by atoms with E-state index in [-0.39, 0.29) is 6.54 Å². The maximum absolute atomic E-state index is 11.7. The van der Waals surface area contributed by atoms with Gasteiger partial charge in [0.05, 0.1) is 0 Å². The Balaban J connectivity index is 4.38. The highest BCUT2D eigenvalue weighted by atomic mass is 32.2. The molecule has 0 spiro atoms. The number of nitrogens with two attached hydrogens (primary N) is 1. The lowest BCUT2D eigenvalue weighted by Crippen LogP contribution is -2.48. The van der Waals surface area contributed by atoms with Crippen LogP contribution < -0.4 is 15.8 Å². The fourth-order valence-electron chi connectivity index (χ4n) is 1.06. The van der Waals surface area contributed by atoms with Crippen molar-refractivity contribution in [1.29, 1.82) is 0 Å². The van der Waals surface area contributed by atoms with Gasteiger partial charge in [-0.3, -0.25) is 4.79 Å². The minimum absolute atomic E-state index is 0.305. The van der Waals surface area contributed by atoms with Gasteiger partial charge in [0, 0.05) is 26.2 Å². The van der Waals surface area contributed by atoms with E-state index in [2.05, 4.69) is 10.0 Å². The maximum Gasteiger partial charge on any atom is 0.321 e. The summed E-state index contributed by atoms with van der Waals surface area (Å²) in [4.78, 5) is 10.4. The zero-order valence-corrected chi connectivity index (χ0v) is 10.8. The largest absolute Gasteiger partial charge is 0.480 e. The van der Waals surface area contributed by atoms with E-state index in [1.807, 2.05) is 0 Å². The molecule has 0 amide bonds. The molecule has 1 atom stereocenters. The van der Waals surface area contributed by atoms with E-state index < -0.39 is 22.2 Å². The Kier molecular flexibility index (Phi) is 7.23. The Bertz CT molecular complexity index is 332. The van der Waals surface area contributed by atoms with Crippen molar-refractivity contribution < 1.29 is 18.3 Å². The summed E-state index contributed by atoms with van der Waals surface area (Å²) in [6.07, 6.45) is 0. The molecule has 0 radical (unpaired) electrons. The highest BCUT2D eigenvalue weighted by molar-refractivity contribution is 7.87. The normalized spacial score (nSPS) is 13.9. The van der Waals surface area contributed by atoms with Gasteiger partial charge in [-0.05, 0) is 7.05 Å². The standard InChI is InChI=1S/C8H20N4O4S/c1-3-12(5-4-10-2)17(15,16)11-6-7(9)8(13)14/h7,10-11H,3-6,9H2,1-2H3,(H,13,14). The first-order valence-corrected chi connectivity index (χ1v) is 6.66. The molecule has 0 aliphatic heterocycles. The quantitative estimate of drug-likeness (QED) is 0.375. The number of hydrogen-bond donors (Lipinski definition) is 4. The van der Waals surface area contributed by atoms with Gasteiger partial charge in [0.25, 0.3) is 10.2 Å². The second kappa shape index (κ2) is 7.56. The van der Waals surface area contributed by atoms with Crippen molar-refractivity contribution in [3.8, 4) is 0 Å². The molecule has 102 valence electrons. The van der Waals surface area contributed by atoms with Crippen LogP contribution in [-0.4, -0.2) is 63.1 Å². The minimum atomic E-state index is -3.67. The minimum Gasteiger partial charge on any atom is -0.480 e. The van der Waals surface area contributed by atoms with Crippen LogP contribution in [0, 0.1) is 0 Å². The van der Waals surface area contributed by atoms with Crippen molar-refractivity contribution in [2.75, 3.05) is 33.2 Å². The van der Waals surface area contributed by atoms with Crippen LogP contribution in [0.4, 0.5) is 0 Å². The van der Waals surface area contributed by atoms with E-state index in [1.54, 1.807) is 14.0 Å². The molecule has 0 aliphatic carbocycles. The van der Waals surface area contributed by atoms with Crippen LogP contribution in [0.25, 0.3) is 0 Å². The maximum atomic E-state index is 11.7. The number of carboxylic acids is 1. The Hall–Kier alpha value is -0.740. The fourth-order valence-corrected chi connectivity index (χ4v) is 2.30. The van der Waals surface area contributed by atoms with Crippen LogP contribution in [0.2, 0.25) is 0 Å². The van der Waals surface area contributed by atoms with Crippen LogP contribution >= 0.6 is 0 Å². The van der Waals surface area contributed by atoms with Crippen molar-refractivity contribution in [3.05, 3.63) is 0 Å². The highest BCUT2D eigenvalue weighted by Gasteiger charge is 2.21. The van der Waals surface area contributed by atoms with Crippen LogP contribution in [0.15, 0.2) is 0 Å². The lowest BCUT2D eigenvalue weighted by atomic mass is 10.3. The van der Waals surface area contributed by atoms with Crippen LogP contribution in [0.3, 0.4) is 0 Å². The summed E-state index contributed by atoms with van der Waals surface area (Å²) in [5, 5.41) is 11.4. The zero-order valence-electron chi connectivity index (χ0n) is 10.0. The van der Waals surface area contributed by atoms with Crippen LogP contribution in [-0.2, 0) is 15.0 Å². The van der Waals surface area contributed by atoms with Crippen LogP contribution in [0.1, 0.15) is 6.92 Å². The van der Waals surface area contributed by atoms with Gasteiger partial charge in [0.2, 0.25) is 0 Å². The third-order valence-electron chi connectivity index (χ3n) is 2.11. The number of aliphatic carboxylic acids is 1. The molecule has 0 aromatic carbocycles. The van der Waals surface area contributed by atoms with Gasteiger partial charge in [-0.25, -0.2) is 0 Å². The molecule has 5 N–H and O–H groups in total. The van der Waals surface area contributed by atoms with Gasteiger partial charge in [-0.15, -0.1) is 0 Å². The van der Waals surface area contributed by atoms with E-state index >= 15 is 0 Å². The molecule has 0 aromatic heterocycles. The summed E-state index contributed by atoms with van der Waals surface area (Å²) in [6, 6.07) is -1.24. The number of nitrogens with one attached hydrogen (secondary N) is 2. The Morgan fingerprint density at radius 2 is 2.12 bits per heavy atom. The van der Waals surface area contributed by atoms with E-state index in [0.717, 1.165) is 0 Å². The molecule has 0 saturated heterocycles. The molecule has 17 heavy (non-hydrogen) atoms. The predicted molar refractivity (Wildman–Crippen MR) is 63.7 cm³/mol. The number of carbonyl (C=O) groups is 1. The predicted octanol–water partition coefficient (Wildman–Crippen LogP) is -2.23. The third kappa shape index (κ3) is 5.94. The molecule has 0 fully saturated rings. The summed E-state index contributed by atoms with van der Waals surface area (Å²) >= 11 is 0. The molecule has 8 nitrogen and oxygen atoms in total. The Morgan fingerprint density at radius 3 is 2.53 bits per heavy atom. The van der Waals surface area contributed by atoms with E-state index in [4.69, 9.17) is 10.8 Å². The first kappa shape index (κ1) is 16.3. The average molecular weight is 268 g/mol. The number of carboxylic acid groups (broad SMARTS) is 1. The van der Waals surface area contributed by atoms with Crippen molar-refractivity contribution in [1.82, 2.24) is 14.3 Å². The van der Waals surface area contributed by atoms with Crippen molar-refractivity contribution in [2.45, 2.75) is 13.0 Å². The monoisotopic (exact) mass is 268 g/mol. The van der Waals surface area contributed by atoms with Gasteiger partial charge in [-0.1, -0.05) is 6.92 Å². The summed E-state index contributed by atoms with van der Waals surface area (Å²) in [5.74, 6) is -1.24. The van der Waals surface area contributed by atoms with E-state index in [0.29, 0.717) is 19.6 Å². The lowest BCUT2D eigenvalue weighted by molar-refractivity contribution is -0.138. The lowest BCUT2D eigenvalue weighted by Gasteiger charge is -2.21. The molecule has 0 saturated carbocycles. The smallest absolute Gasteiger partial charge is 0.321 e. The third-order valence-corrected chi connectivity index (χ3v) is 3.76. The summed E-state index contributed by atoms with van der Waals surface area (Å²) in [6.45, 7) is 2.50. The number of likely N-dealkylation sites (N-methyl/N-ethyl adjacent to an activating group) is 2. The molecule has 0 rings (SSSR count). The van der Waals surface area contributed by atoms with Crippen molar-refractivity contribution in [2.24, 2.45) is 5.73 Å². The second-order valence-electron chi connectivity index (χ2n) is 3.39. The Labute approximate surface area is 101 Å². The molecule has 0 aliphatic rings. The topological polar surface area (TPSA) is 125 Å². The van der Waals surface area contributed by atoms with E-state index in [1.165, 1.54) is 4.31 Å². The van der Waals surface area contributed by atoms with Gasteiger partial charge >= 0.3 is 5.97 Å². The van der Waals surface area contributed by atoms with Gasteiger partial charge < -0.3 is 16.2 Å². The van der Waals surface area contributed by atoms with Crippen molar-refractivity contribution in [3.63, 3.8) is 0 Å². The molecular formula is C8H20N4O4S. The Morgan fingerprint density at radius 1 is 1.53 bits per heavy atom. The van der Waals surface area contributed by atoms with E-state index in [9.17, 15) is 13.2 Å². The highest BCUT2D eigenvalue weighted by Crippen LogP contribution is 1.96. The summed E-state index contributed by atoms with van der Waals surface area (Å²) in [7, 11) is -1.96. The average Bonchev–Trinajstić information content (AvgIpc) is 2.26. The van der Waals surface area contributed by atoms with Gasteiger partial charge in [0.1, 0.15) is 6.04 Å². The second-order valence-corrected chi connectivity index (χ2v) is 5.15. The first-order chi connectivity index (χ1) is 7.85. The molecule has 0 bridgehead atoms. The summed E-state index contributed by atoms with van der Waals surface area (Å²) in [5.41, 5.74) is 5.21. The van der Waals surface area contributed by atoms with Crippen molar-refractivity contribution >= 4 is 16.2 Å². The zero-order chi connectivity index (χ0) is 13.5. The molecule has 0 aromatic rings. The number of rotatable bonds is 9. The number of hydrogen-bond acceptors (Lipinski definition) is 5. The number of nitrogens with zero attached hydrogens (tertiary/aromatic N) is 1. The summed E-state index contributed by atoms with van der Waals surface area (Å²) < 4.78 is 26.8. The molecular weight excluding hydrogens is 248 g/mol.